The monoisotopic (exact) mass is 382 g/mol. The minimum atomic E-state index is -0.498. The van der Waals surface area contributed by atoms with Gasteiger partial charge in [-0.3, -0.25) is 4.79 Å². The molecule has 1 aromatic carbocycles. The molecule has 4 rings (SSSR count). The van der Waals surface area contributed by atoms with E-state index in [1.165, 1.54) is 0 Å². The first-order valence-electron chi connectivity index (χ1n) is 9.83. The molecule has 0 bridgehead atoms. The van der Waals surface area contributed by atoms with E-state index in [0.717, 1.165) is 5.56 Å². The minimum Gasteiger partial charge on any atom is -0.368 e. The van der Waals surface area contributed by atoms with Gasteiger partial charge < -0.3 is 19.7 Å². The maximum absolute atomic E-state index is 13.2. The lowest BCUT2D eigenvalue weighted by molar-refractivity contribution is -0.181. The van der Waals surface area contributed by atoms with E-state index < -0.39 is 5.79 Å². The number of rotatable bonds is 4. The Kier molecular flexibility index (Phi) is 5.28. The van der Waals surface area contributed by atoms with Crippen molar-refractivity contribution in [1.29, 1.82) is 0 Å². The fourth-order valence-corrected chi connectivity index (χ4v) is 3.64. The molecule has 0 radical (unpaired) electrons. The number of anilines is 1. The molecule has 2 aliphatic rings. The molecule has 0 unspecified atom stereocenters. The van der Waals surface area contributed by atoms with E-state index in [-0.39, 0.29) is 11.9 Å². The largest absolute Gasteiger partial charge is 0.368 e. The summed E-state index contributed by atoms with van der Waals surface area (Å²) in [5.41, 5.74) is 1.29. The van der Waals surface area contributed by atoms with Gasteiger partial charge in [-0.2, -0.15) is 0 Å². The number of carbonyl (C=O) groups excluding carboxylic acids is 1. The van der Waals surface area contributed by atoms with Crippen molar-refractivity contribution < 1.29 is 14.3 Å². The summed E-state index contributed by atoms with van der Waals surface area (Å²) in [6.07, 6.45) is 1.37. The minimum absolute atomic E-state index is 0.0840. The Morgan fingerprint density at radius 1 is 1.11 bits per heavy atom. The SMILES string of the molecule is CC(C)Nc1cc(C(=O)N2CCC3(CC2)OCCO3)nc(-c2ccccc2)n1. The average molecular weight is 382 g/mol. The number of amides is 1. The molecule has 7 nitrogen and oxygen atoms in total. The molecule has 1 amide bonds. The average Bonchev–Trinajstić information content (AvgIpc) is 3.16. The van der Waals surface area contributed by atoms with Crippen LogP contribution in [-0.4, -0.2) is 58.9 Å². The summed E-state index contributed by atoms with van der Waals surface area (Å²) in [4.78, 5) is 24.1. The topological polar surface area (TPSA) is 76.6 Å². The van der Waals surface area contributed by atoms with Gasteiger partial charge in [-0.05, 0) is 13.8 Å². The summed E-state index contributed by atoms with van der Waals surface area (Å²) < 4.78 is 11.5. The van der Waals surface area contributed by atoms with Crippen molar-refractivity contribution >= 4 is 11.7 Å². The van der Waals surface area contributed by atoms with E-state index in [1.807, 2.05) is 49.1 Å². The summed E-state index contributed by atoms with van der Waals surface area (Å²) in [5, 5.41) is 3.29. The molecule has 2 fully saturated rings. The molecule has 0 saturated carbocycles. The highest BCUT2D eigenvalue weighted by Gasteiger charge is 2.41. The Balaban J connectivity index is 1.58. The Hall–Kier alpha value is -2.51. The lowest BCUT2D eigenvalue weighted by atomic mass is 10.0. The first-order chi connectivity index (χ1) is 13.5. The number of nitrogens with one attached hydrogen (secondary N) is 1. The molecule has 148 valence electrons. The first kappa shape index (κ1) is 18.8. The van der Waals surface area contributed by atoms with Gasteiger partial charge >= 0.3 is 0 Å². The van der Waals surface area contributed by atoms with Crippen LogP contribution < -0.4 is 5.32 Å². The van der Waals surface area contributed by atoms with Crippen LogP contribution in [0.1, 0.15) is 37.2 Å². The number of likely N-dealkylation sites (tertiary alicyclic amines) is 1. The lowest BCUT2D eigenvalue weighted by Crippen LogP contribution is -2.47. The van der Waals surface area contributed by atoms with E-state index in [9.17, 15) is 4.79 Å². The third-order valence-electron chi connectivity index (χ3n) is 5.04. The van der Waals surface area contributed by atoms with Gasteiger partial charge in [0.15, 0.2) is 11.6 Å². The van der Waals surface area contributed by atoms with Gasteiger partial charge in [-0.1, -0.05) is 30.3 Å². The van der Waals surface area contributed by atoms with Crippen molar-refractivity contribution in [2.75, 3.05) is 31.6 Å². The number of benzene rings is 1. The van der Waals surface area contributed by atoms with Gasteiger partial charge in [0.2, 0.25) is 0 Å². The predicted molar refractivity (Wildman–Crippen MR) is 106 cm³/mol. The van der Waals surface area contributed by atoms with Crippen LogP contribution in [0.3, 0.4) is 0 Å². The quantitative estimate of drug-likeness (QED) is 0.876. The highest BCUT2D eigenvalue weighted by Crippen LogP contribution is 2.32. The van der Waals surface area contributed by atoms with E-state index in [2.05, 4.69) is 15.3 Å². The maximum atomic E-state index is 13.2. The van der Waals surface area contributed by atoms with E-state index in [1.54, 1.807) is 6.07 Å². The summed E-state index contributed by atoms with van der Waals surface area (Å²) in [6.45, 7) is 6.52. The van der Waals surface area contributed by atoms with Gasteiger partial charge in [-0.25, -0.2) is 9.97 Å². The second-order valence-electron chi connectivity index (χ2n) is 7.53. The Bertz CT molecular complexity index is 825. The van der Waals surface area contributed by atoms with Crippen molar-refractivity contribution in [1.82, 2.24) is 14.9 Å². The summed E-state index contributed by atoms with van der Waals surface area (Å²) in [7, 11) is 0. The van der Waals surface area contributed by atoms with E-state index in [4.69, 9.17) is 9.47 Å². The second-order valence-corrected chi connectivity index (χ2v) is 7.53. The third kappa shape index (κ3) is 4.00. The van der Waals surface area contributed by atoms with Crippen molar-refractivity contribution in [2.24, 2.45) is 0 Å². The highest BCUT2D eigenvalue weighted by molar-refractivity contribution is 5.93. The van der Waals surface area contributed by atoms with Crippen LogP contribution in [-0.2, 0) is 9.47 Å². The fourth-order valence-electron chi connectivity index (χ4n) is 3.64. The molecular formula is C21H26N4O3. The van der Waals surface area contributed by atoms with Crippen LogP contribution in [0.15, 0.2) is 36.4 Å². The molecule has 2 aliphatic heterocycles. The van der Waals surface area contributed by atoms with Crippen molar-refractivity contribution in [3.8, 4) is 11.4 Å². The van der Waals surface area contributed by atoms with Gasteiger partial charge in [0.1, 0.15) is 11.5 Å². The Labute approximate surface area is 165 Å². The zero-order valence-electron chi connectivity index (χ0n) is 16.4. The summed E-state index contributed by atoms with van der Waals surface area (Å²) >= 11 is 0. The fraction of sp³-hybridized carbons (Fsp3) is 0.476. The molecule has 1 aromatic heterocycles. The summed E-state index contributed by atoms with van der Waals surface area (Å²) in [5.74, 6) is 0.620. The molecule has 3 heterocycles. The van der Waals surface area contributed by atoms with Crippen LogP contribution in [0.2, 0.25) is 0 Å². The molecular weight excluding hydrogens is 356 g/mol. The zero-order chi connectivity index (χ0) is 19.6. The number of nitrogens with zero attached hydrogens (tertiary/aromatic N) is 3. The van der Waals surface area contributed by atoms with E-state index in [0.29, 0.717) is 56.5 Å². The molecule has 2 saturated heterocycles. The molecule has 2 aromatic rings. The molecule has 1 N–H and O–H groups in total. The van der Waals surface area contributed by atoms with Crippen molar-refractivity contribution in [3.63, 3.8) is 0 Å². The van der Waals surface area contributed by atoms with Crippen molar-refractivity contribution in [2.45, 2.75) is 38.5 Å². The Morgan fingerprint density at radius 3 is 2.43 bits per heavy atom. The van der Waals surface area contributed by atoms with Crippen LogP contribution >= 0.6 is 0 Å². The van der Waals surface area contributed by atoms with Crippen LogP contribution in [0.4, 0.5) is 5.82 Å². The standard InChI is InChI=1S/C21H26N4O3/c1-15(2)22-18-14-17(23-19(24-18)16-6-4-3-5-7-16)20(26)25-10-8-21(9-11-25)27-12-13-28-21/h3-7,14-15H,8-13H2,1-2H3,(H,22,23,24). The third-order valence-corrected chi connectivity index (χ3v) is 5.04. The lowest BCUT2D eigenvalue weighted by Gasteiger charge is -2.37. The van der Waals surface area contributed by atoms with Gasteiger partial charge in [-0.15, -0.1) is 0 Å². The highest BCUT2D eigenvalue weighted by atomic mass is 16.7. The summed E-state index contributed by atoms with van der Waals surface area (Å²) in [6, 6.07) is 11.7. The number of ether oxygens (including phenoxy) is 2. The predicted octanol–water partition coefficient (Wildman–Crippen LogP) is 2.94. The normalized spacial score (nSPS) is 18.6. The number of hydrogen-bond donors (Lipinski definition) is 1. The van der Waals surface area contributed by atoms with Crippen LogP contribution in [0.5, 0.6) is 0 Å². The van der Waals surface area contributed by atoms with Gasteiger partial charge in [0.25, 0.3) is 5.91 Å². The zero-order valence-corrected chi connectivity index (χ0v) is 16.4. The van der Waals surface area contributed by atoms with Crippen LogP contribution in [0.25, 0.3) is 11.4 Å². The number of aromatic nitrogens is 2. The first-order valence-corrected chi connectivity index (χ1v) is 9.83. The molecule has 28 heavy (non-hydrogen) atoms. The van der Waals surface area contributed by atoms with Crippen molar-refractivity contribution in [3.05, 3.63) is 42.1 Å². The number of piperidine rings is 1. The van der Waals surface area contributed by atoms with Crippen LogP contribution in [0, 0.1) is 0 Å². The number of hydrogen-bond acceptors (Lipinski definition) is 6. The maximum Gasteiger partial charge on any atom is 0.272 e. The second kappa shape index (κ2) is 7.85. The number of carbonyl (C=O) groups is 1. The molecule has 7 heteroatoms. The Morgan fingerprint density at radius 2 is 1.79 bits per heavy atom. The molecule has 0 atom stereocenters. The van der Waals surface area contributed by atoms with Gasteiger partial charge in [0.05, 0.1) is 13.2 Å². The molecule has 1 spiro atoms. The van der Waals surface area contributed by atoms with Gasteiger partial charge in [0, 0.05) is 43.6 Å². The smallest absolute Gasteiger partial charge is 0.272 e. The van der Waals surface area contributed by atoms with E-state index >= 15 is 0 Å². The molecule has 0 aliphatic carbocycles.